The van der Waals surface area contributed by atoms with Crippen LogP contribution in [0.25, 0.3) is 11.1 Å². The molecule has 2 amide bonds. The minimum absolute atomic E-state index is 0.0647. The highest BCUT2D eigenvalue weighted by molar-refractivity contribution is 6.40. The van der Waals surface area contributed by atoms with Gasteiger partial charge in [-0.2, -0.15) is 0 Å². The molecular weight excluding hydrogens is 754 g/mol. The summed E-state index contributed by atoms with van der Waals surface area (Å²) in [7, 11) is 2.88. The predicted octanol–water partition coefficient (Wildman–Crippen LogP) is 7.02. The van der Waals surface area contributed by atoms with Crippen LogP contribution in [0.15, 0.2) is 42.5 Å². The Kier molecular flexibility index (Phi) is 11.1. The zero-order chi connectivity index (χ0) is 39.2. The normalized spacial score (nSPS) is 20.9. The van der Waals surface area contributed by atoms with Crippen LogP contribution in [0.2, 0.25) is 10.0 Å². The van der Waals surface area contributed by atoms with Crippen molar-refractivity contribution in [2.75, 3.05) is 70.2 Å². The molecule has 2 bridgehead atoms. The van der Waals surface area contributed by atoms with Crippen molar-refractivity contribution in [3.8, 4) is 16.9 Å². The van der Waals surface area contributed by atoms with E-state index in [1.807, 2.05) is 26.8 Å². The lowest BCUT2D eigenvalue weighted by Gasteiger charge is -2.42. The van der Waals surface area contributed by atoms with Crippen LogP contribution in [0.5, 0.6) is 5.75 Å². The van der Waals surface area contributed by atoms with Gasteiger partial charge in [0.2, 0.25) is 0 Å². The molecule has 0 radical (unpaired) electrons. The van der Waals surface area contributed by atoms with Crippen molar-refractivity contribution in [2.24, 2.45) is 0 Å². The SMILES string of the molecule is COC[C@@H]1CN(C(=O)OC(C)(C)C)CCN1c1cc(Cl)c(C(=O)N2COc3c(cccc3-c3cc(N4C5CCC4COC5)c(C(=O)OC)cc3F)C2)c(Cl)c1. The number of halogens is 3. The fourth-order valence-electron chi connectivity index (χ4n) is 8.00. The molecule has 4 heterocycles. The Hall–Kier alpha value is -4.30. The van der Waals surface area contributed by atoms with E-state index in [1.54, 1.807) is 42.3 Å². The topological polar surface area (TPSA) is 110 Å². The summed E-state index contributed by atoms with van der Waals surface area (Å²) in [4.78, 5) is 47.1. The Bertz CT molecular complexity index is 1950. The molecule has 7 rings (SSSR count). The summed E-state index contributed by atoms with van der Waals surface area (Å²) in [6.07, 6.45) is 1.42. The van der Waals surface area contributed by atoms with E-state index in [9.17, 15) is 14.4 Å². The first kappa shape index (κ1) is 39.0. The maximum absolute atomic E-state index is 16.0. The first-order chi connectivity index (χ1) is 26.3. The molecule has 3 aromatic carbocycles. The highest BCUT2D eigenvalue weighted by atomic mass is 35.5. The molecule has 12 nitrogen and oxygen atoms in total. The van der Waals surface area contributed by atoms with Crippen LogP contribution in [-0.4, -0.2) is 112 Å². The van der Waals surface area contributed by atoms with E-state index in [4.69, 9.17) is 46.9 Å². The standard InChI is InChI=1S/C40H45Cl2FN4O8/c1-40(2,3)55-39(50)44-11-12-46(27(18-44)19-51-4)26-13-31(41)35(32(42)14-26)37(48)45-17-23-7-6-8-28(36(23)54-22-45)29-16-34(30(15-33(29)43)38(49)52-5)47-24-9-10-25(47)21-53-20-24/h6-8,13-16,24-25,27H,9-12,17-22H2,1-5H3/t24?,25?,27-/m0/s1. The van der Waals surface area contributed by atoms with Gasteiger partial charge in [0, 0.05) is 49.1 Å². The number of anilines is 2. The molecule has 294 valence electrons. The number of esters is 1. The van der Waals surface area contributed by atoms with Crippen molar-refractivity contribution in [1.82, 2.24) is 9.80 Å². The fourth-order valence-corrected chi connectivity index (χ4v) is 8.64. The van der Waals surface area contributed by atoms with Crippen LogP contribution in [0.3, 0.4) is 0 Å². The van der Waals surface area contributed by atoms with Crippen LogP contribution in [0, 0.1) is 5.82 Å². The number of amides is 2. The van der Waals surface area contributed by atoms with Crippen molar-refractivity contribution < 1.29 is 42.5 Å². The van der Waals surface area contributed by atoms with Crippen molar-refractivity contribution in [3.63, 3.8) is 0 Å². The number of benzene rings is 3. The molecule has 4 aliphatic rings. The van der Waals surface area contributed by atoms with Crippen molar-refractivity contribution in [2.45, 2.75) is 63.9 Å². The molecule has 0 aromatic heterocycles. The number of piperazine rings is 1. The molecule has 0 N–H and O–H groups in total. The summed E-state index contributed by atoms with van der Waals surface area (Å²) < 4.78 is 44.1. The number of rotatable bonds is 7. The minimum Gasteiger partial charge on any atom is -0.472 e. The number of hydrogen-bond donors (Lipinski definition) is 0. The smallest absolute Gasteiger partial charge is 0.410 e. The average Bonchev–Trinajstić information content (AvgIpc) is 3.39. The van der Waals surface area contributed by atoms with E-state index in [1.165, 1.54) is 18.1 Å². The summed E-state index contributed by atoms with van der Waals surface area (Å²) in [5.74, 6) is -1.21. The lowest BCUT2D eigenvalue weighted by Crippen LogP contribution is -2.57. The van der Waals surface area contributed by atoms with Crippen LogP contribution in [0.4, 0.5) is 20.6 Å². The molecule has 0 saturated carbocycles. The van der Waals surface area contributed by atoms with Gasteiger partial charge in [0.15, 0.2) is 6.73 Å². The van der Waals surface area contributed by atoms with E-state index in [0.29, 0.717) is 67.7 Å². The second-order valence-electron chi connectivity index (χ2n) is 15.3. The summed E-state index contributed by atoms with van der Waals surface area (Å²) >= 11 is 13.6. The molecule has 15 heteroatoms. The molecule has 3 atom stereocenters. The Morgan fingerprint density at radius 2 is 1.65 bits per heavy atom. The Balaban J connectivity index is 1.12. The molecule has 4 aliphatic heterocycles. The zero-order valence-electron chi connectivity index (χ0n) is 31.5. The van der Waals surface area contributed by atoms with Crippen LogP contribution in [0.1, 0.15) is 59.9 Å². The quantitative estimate of drug-likeness (QED) is 0.232. The van der Waals surface area contributed by atoms with Gasteiger partial charge in [-0.25, -0.2) is 14.0 Å². The van der Waals surface area contributed by atoms with Gasteiger partial charge in [0.25, 0.3) is 5.91 Å². The number of carbonyl (C=O) groups is 3. The molecule has 3 saturated heterocycles. The van der Waals surface area contributed by atoms with Gasteiger partial charge in [-0.05, 0) is 57.9 Å². The molecule has 2 unspecified atom stereocenters. The van der Waals surface area contributed by atoms with Gasteiger partial charge in [-0.1, -0.05) is 41.4 Å². The van der Waals surface area contributed by atoms with E-state index < -0.39 is 29.4 Å². The number of para-hydroxylation sites is 1. The first-order valence-corrected chi connectivity index (χ1v) is 19.1. The van der Waals surface area contributed by atoms with Gasteiger partial charge in [-0.3, -0.25) is 4.79 Å². The van der Waals surface area contributed by atoms with Crippen LogP contribution >= 0.6 is 23.2 Å². The monoisotopic (exact) mass is 798 g/mol. The predicted molar refractivity (Wildman–Crippen MR) is 206 cm³/mol. The average molecular weight is 800 g/mol. The zero-order valence-corrected chi connectivity index (χ0v) is 33.0. The molecule has 0 spiro atoms. The lowest BCUT2D eigenvalue weighted by molar-refractivity contribution is 0.0186. The third kappa shape index (κ3) is 7.76. The Labute approximate surface area is 329 Å². The highest BCUT2D eigenvalue weighted by Gasteiger charge is 2.40. The van der Waals surface area contributed by atoms with Gasteiger partial charge in [0.05, 0.1) is 78.5 Å². The maximum atomic E-state index is 16.0. The molecular formula is C40H45Cl2FN4O8. The van der Waals surface area contributed by atoms with E-state index >= 15 is 4.39 Å². The maximum Gasteiger partial charge on any atom is 0.410 e. The Morgan fingerprint density at radius 3 is 2.31 bits per heavy atom. The second-order valence-corrected chi connectivity index (χ2v) is 16.1. The van der Waals surface area contributed by atoms with E-state index in [0.717, 1.165) is 12.8 Å². The Morgan fingerprint density at radius 1 is 0.945 bits per heavy atom. The molecule has 3 fully saturated rings. The molecule has 55 heavy (non-hydrogen) atoms. The minimum atomic E-state index is -0.623. The van der Waals surface area contributed by atoms with E-state index in [-0.39, 0.29) is 58.1 Å². The summed E-state index contributed by atoms with van der Waals surface area (Å²) in [6.45, 7) is 8.11. The van der Waals surface area contributed by atoms with Crippen molar-refractivity contribution >= 4 is 52.5 Å². The summed E-state index contributed by atoms with van der Waals surface area (Å²) in [6, 6.07) is 11.6. The van der Waals surface area contributed by atoms with Gasteiger partial charge < -0.3 is 43.3 Å². The largest absolute Gasteiger partial charge is 0.472 e. The van der Waals surface area contributed by atoms with Crippen molar-refractivity contribution in [1.29, 1.82) is 0 Å². The number of fused-ring (bicyclic) bond motifs is 3. The first-order valence-electron chi connectivity index (χ1n) is 18.3. The molecule has 0 aliphatic carbocycles. The number of methoxy groups -OCH3 is 2. The lowest BCUT2D eigenvalue weighted by atomic mass is 9.96. The van der Waals surface area contributed by atoms with E-state index in [2.05, 4.69) is 9.80 Å². The highest BCUT2D eigenvalue weighted by Crippen LogP contribution is 2.44. The second kappa shape index (κ2) is 15.7. The van der Waals surface area contributed by atoms with Gasteiger partial charge >= 0.3 is 12.1 Å². The van der Waals surface area contributed by atoms with Crippen molar-refractivity contribution in [3.05, 3.63) is 75.0 Å². The van der Waals surface area contributed by atoms with Crippen LogP contribution < -0.4 is 14.5 Å². The summed E-state index contributed by atoms with van der Waals surface area (Å²) in [5.41, 5.74) is 2.37. The molecule has 3 aromatic rings. The van der Waals surface area contributed by atoms with Crippen LogP contribution in [-0.2, 0) is 25.5 Å². The number of hydrogen-bond acceptors (Lipinski definition) is 10. The van der Waals surface area contributed by atoms with Gasteiger partial charge in [0.1, 0.15) is 17.2 Å². The fraction of sp³-hybridized carbons (Fsp3) is 0.475. The number of morpholine rings is 1. The number of ether oxygens (including phenoxy) is 5. The summed E-state index contributed by atoms with van der Waals surface area (Å²) in [5, 5.41) is 0.324. The number of carbonyl (C=O) groups excluding carboxylic acids is 3. The number of nitrogens with zero attached hydrogens (tertiary/aromatic N) is 4. The van der Waals surface area contributed by atoms with Gasteiger partial charge in [-0.15, -0.1) is 0 Å². The third-order valence-corrected chi connectivity index (χ3v) is 11.1. The third-order valence-electron chi connectivity index (χ3n) is 10.5.